The Hall–Kier alpha value is -2.04. The van der Waals surface area contributed by atoms with Crippen LogP contribution in [0.3, 0.4) is 0 Å². The van der Waals surface area contributed by atoms with Gasteiger partial charge in [-0.2, -0.15) is 0 Å². The molecule has 0 saturated carbocycles. The number of nitrogens with zero attached hydrogens (tertiary/aromatic N) is 2. The first-order chi connectivity index (χ1) is 12.1. The molecule has 1 aromatic rings. The molecule has 0 spiro atoms. The third-order valence-corrected chi connectivity index (χ3v) is 5.50. The number of methoxy groups -OCH3 is 1. The van der Waals surface area contributed by atoms with E-state index in [9.17, 15) is 9.59 Å². The number of likely N-dealkylation sites (tertiary alicyclic amines) is 2. The van der Waals surface area contributed by atoms with E-state index in [-0.39, 0.29) is 23.8 Å². The molecule has 136 valence electrons. The van der Waals surface area contributed by atoms with Gasteiger partial charge in [-0.05, 0) is 37.3 Å². The fourth-order valence-electron chi connectivity index (χ4n) is 4.11. The van der Waals surface area contributed by atoms with Crippen LogP contribution >= 0.6 is 0 Å². The zero-order chi connectivity index (χ0) is 17.8. The molecule has 25 heavy (non-hydrogen) atoms. The van der Waals surface area contributed by atoms with Crippen molar-refractivity contribution in [1.82, 2.24) is 9.80 Å². The van der Waals surface area contributed by atoms with Crippen LogP contribution in [0.5, 0.6) is 5.75 Å². The lowest BCUT2D eigenvalue weighted by Crippen LogP contribution is -2.41. The van der Waals surface area contributed by atoms with Gasteiger partial charge in [-0.3, -0.25) is 9.59 Å². The molecule has 0 aliphatic carbocycles. The molecule has 2 amide bonds. The molecule has 3 rings (SSSR count). The summed E-state index contributed by atoms with van der Waals surface area (Å²) in [7, 11) is 1.69. The van der Waals surface area contributed by atoms with Crippen LogP contribution in [0.1, 0.15) is 38.2 Å². The lowest BCUT2D eigenvalue weighted by Gasteiger charge is -2.28. The van der Waals surface area contributed by atoms with Crippen LogP contribution in [-0.4, -0.2) is 54.4 Å². The Bertz CT molecular complexity index is 631. The Morgan fingerprint density at radius 1 is 1.20 bits per heavy atom. The van der Waals surface area contributed by atoms with Gasteiger partial charge in [0.1, 0.15) is 5.75 Å². The van der Waals surface area contributed by atoms with Gasteiger partial charge in [0.2, 0.25) is 11.8 Å². The first kappa shape index (κ1) is 17.8. The van der Waals surface area contributed by atoms with Crippen molar-refractivity contribution in [2.45, 2.75) is 45.1 Å². The van der Waals surface area contributed by atoms with Crippen molar-refractivity contribution in [1.29, 1.82) is 0 Å². The molecular weight excluding hydrogens is 316 g/mol. The fourth-order valence-corrected chi connectivity index (χ4v) is 4.11. The molecular formula is C20H28N2O3. The summed E-state index contributed by atoms with van der Waals surface area (Å²) in [4.78, 5) is 28.8. The number of benzene rings is 1. The van der Waals surface area contributed by atoms with E-state index < -0.39 is 0 Å². The third-order valence-electron chi connectivity index (χ3n) is 5.50. The number of hydrogen-bond donors (Lipinski definition) is 0. The van der Waals surface area contributed by atoms with E-state index in [0.29, 0.717) is 19.5 Å². The molecule has 2 atom stereocenters. The molecule has 2 aliphatic heterocycles. The molecule has 2 aliphatic rings. The quantitative estimate of drug-likeness (QED) is 0.824. The van der Waals surface area contributed by atoms with Crippen molar-refractivity contribution in [2.75, 3.05) is 26.7 Å². The highest BCUT2D eigenvalue weighted by atomic mass is 16.5. The Morgan fingerprint density at radius 3 is 2.76 bits per heavy atom. The topological polar surface area (TPSA) is 49.9 Å². The van der Waals surface area contributed by atoms with E-state index in [1.807, 2.05) is 30.0 Å². The first-order valence-corrected chi connectivity index (χ1v) is 9.34. The monoisotopic (exact) mass is 344 g/mol. The predicted molar refractivity (Wildman–Crippen MR) is 96.4 cm³/mol. The number of rotatable bonds is 5. The molecule has 1 aromatic carbocycles. The lowest BCUT2D eigenvalue weighted by atomic mass is 10.0. The van der Waals surface area contributed by atoms with Gasteiger partial charge >= 0.3 is 0 Å². The maximum Gasteiger partial charge on any atom is 0.227 e. The van der Waals surface area contributed by atoms with E-state index in [2.05, 4.69) is 11.0 Å². The summed E-state index contributed by atoms with van der Waals surface area (Å²) in [5, 5.41) is 0. The van der Waals surface area contributed by atoms with Crippen LogP contribution in [0.2, 0.25) is 0 Å². The zero-order valence-electron chi connectivity index (χ0n) is 15.2. The van der Waals surface area contributed by atoms with Crippen molar-refractivity contribution < 1.29 is 14.3 Å². The molecule has 2 saturated heterocycles. The van der Waals surface area contributed by atoms with E-state index in [0.717, 1.165) is 43.5 Å². The number of hydrogen-bond acceptors (Lipinski definition) is 3. The van der Waals surface area contributed by atoms with Gasteiger partial charge in [0.15, 0.2) is 0 Å². The van der Waals surface area contributed by atoms with Gasteiger partial charge in [-0.15, -0.1) is 0 Å². The first-order valence-electron chi connectivity index (χ1n) is 9.34. The van der Waals surface area contributed by atoms with E-state index in [1.54, 1.807) is 7.11 Å². The number of amides is 2. The van der Waals surface area contributed by atoms with Crippen LogP contribution < -0.4 is 4.74 Å². The Balaban J connectivity index is 1.65. The zero-order valence-corrected chi connectivity index (χ0v) is 15.2. The molecule has 5 heteroatoms. The molecule has 2 heterocycles. The second-order valence-electron chi connectivity index (χ2n) is 7.02. The Morgan fingerprint density at radius 2 is 2.00 bits per heavy atom. The summed E-state index contributed by atoms with van der Waals surface area (Å²) in [6.45, 7) is 4.01. The predicted octanol–water partition coefficient (Wildman–Crippen LogP) is 2.49. The highest BCUT2D eigenvalue weighted by Crippen LogP contribution is 2.29. The van der Waals surface area contributed by atoms with Gasteiger partial charge in [0, 0.05) is 32.1 Å². The van der Waals surface area contributed by atoms with Crippen molar-refractivity contribution >= 4 is 11.8 Å². The van der Waals surface area contributed by atoms with Crippen LogP contribution in [0.4, 0.5) is 0 Å². The molecule has 2 fully saturated rings. The lowest BCUT2D eigenvalue weighted by molar-refractivity contribution is -0.136. The largest absolute Gasteiger partial charge is 0.496 e. The van der Waals surface area contributed by atoms with E-state index in [1.165, 1.54) is 0 Å². The molecule has 0 aromatic heterocycles. The van der Waals surface area contributed by atoms with Crippen LogP contribution in [0, 0.1) is 5.92 Å². The SMILES string of the molecule is CCC(=O)N1CCC(C(=O)N2CCCC2Cc2ccccc2OC)C1. The Labute approximate surface area is 149 Å². The standard InChI is InChI=1S/C20H28N2O3/c1-3-19(23)21-12-10-16(14-21)20(24)22-11-6-8-17(22)13-15-7-4-5-9-18(15)25-2/h4-5,7,9,16-17H,3,6,8,10-14H2,1-2H3. The van der Waals surface area contributed by atoms with Gasteiger partial charge in [-0.25, -0.2) is 0 Å². The highest BCUT2D eigenvalue weighted by Gasteiger charge is 2.37. The van der Waals surface area contributed by atoms with Gasteiger partial charge < -0.3 is 14.5 Å². The summed E-state index contributed by atoms with van der Waals surface area (Å²) in [6, 6.07) is 8.28. The fraction of sp³-hybridized carbons (Fsp3) is 0.600. The summed E-state index contributed by atoms with van der Waals surface area (Å²) < 4.78 is 5.46. The average Bonchev–Trinajstić information content (AvgIpc) is 3.30. The minimum Gasteiger partial charge on any atom is -0.496 e. The van der Waals surface area contributed by atoms with Crippen molar-refractivity contribution in [2.24, 2.45) is 5.92 Å². The second-order valence-corrected chi connectivity index (χ2v) is 7.02. The maximum atomic E-state index is 13.0. The number of carbonyl (C=O) groups is 2. The van der Waals surface area contributed by atoms with Crippen molar-refractivity contribution in [3.63, 3.8) is 0 Å². The normalized spacial score (nSPS) is 23.1. The highest BCUT2D eigenvalue weighted by molar-refractivity contribution is 5.82. The Kier molecular flexibility index (Phi) is 5.61. The van der Waals surface area contributed by atoms with Crippen LogP contribution in [0.15, 0.2) is 24.3 Å². The summed E-state index contributed by atoms with van der Waals surface area (Å²) in [6.07, 6.45) is 4.23. The second kappa shape index (κ2) is 7.89. The van der Waals surface area contributed by atoms with Gasteiger partial charge in [0.05, 0.1) is 13.0 Å². The third kappa shape index (κ3) is 3.80. The van der Waals surface area contributed by atoms with E-state index >= 15 is 0 Å². The van der Waals surface area contributed by atoms with Crippen molar-refractivity contribution in [3.8, 4) is 5.75 Å². The maximum absolute atomic E-state index is 13.0. The summed E-state index contributed by atoms with van der Waals surface area (Å²) in [5.41, 5.74) is 1.16. The molecule has 0 radical (unpaired) electrons. The smallest absolute Gasteiger partial charge is 0.227 e. The van der Waals surface area contributed by atoms with Crippen LogP contribution in [-0.2, 0) is 16.0 Å². The molecule has 0 bridgehead atoms. The number of para-hydroxylation sites is 1. The van der Waals surface area contributed by atoms with Gasteiger partial charge in [-0.1, -0.05) is 25.1 Å². The van der Waals surface area contributed by atoms with Gasteiger partial charge in [0.25, 0.3) is 0 Å². The van der Waals surface area contributed by atoms with Crippen LogP contribution in [0.25, 0.3) is 0 Å². The minimum atomic E-state index is -0.0335. The summed E-state index contributed by atoms with van der Waals surface area (Å²) >= 11 is 0. The molecule has 5 nitrogen and oxygen atoms in total. The van der Waals surface area contributed by atoms with Crippen molar-refractivity contribution in [3.05, 3.63) is 29.8 Å². The minimum absolute atomic E-state index is 0.0335. The number of ether oxygens (including phenoxy) is 1. The average molecular weight is 344 g/mol. The molecule has 2 unspecified atom stereocenters. The number of carbonyl (C=O) groups excluding carboxylic acids is 2. The van der Waals surface area contributed by atoms with E-state index in [4.69, 9.17) is 4.74 Å². The summed E-state index contributed by atoms with van der Waals surface area (Å²) in [5.74, 6) is 1.24. The molecule has 0 N–H and O–H groups in total.